The van der Waals surface area contributed by atoms with Crippen LogP contribution in [0.4, 0.5) is 10.1 Å². The highest BCUT2D eigenvalue weighted by atomic mass is 19.1. The molecule has 3 heterocycles. The molecule has 3 saturated heterocycles. The van der Waals surface area contributed by atoms with Gasteiger partial charge in [-0.3, -0.25) is 14.5 Å². The molecule has 0 radical (unpaired) electrons. The lowest BCUT2D eigenvalue weighted by Gasteiger charge is -2.37. The van der Waals surface area contributed by atoms with Crippen LogP contribution in [0.15, 0.2) is 18.2 Å². The van der Waals surface area contributed by atoms with E-state index in [1.165, 1.54) is 11.0 Å². The fraction of sp³-hybridized carbons (Fsp3) is 0.636. The molecule has 1 aromatic carbocycles. The zero-order valence-corrected chi connectivity index (χ0v) is 17.4. The van der Waals surface area contributed by atoms with Crippen LogP contribution < -0.4 is 10.2 Å². The number of morpholine rings is 1. The van der Waals surface area contributed by atoms with Crippen LogP contribution in [0.3, 0.4) is 0 Å². The molecule has 8 heteroatoms. The smallest absolute Gasteiger partial charge is 0.227 e. The summed E-state index contributed by atoms with van der Waals surface area (Å²) in [6.45, 7) is 7.09. The number of nitrogens with one attached hydrogen (secondary N) is 1. The first-order chi connectivity index (χ1) is 14.5. The molecule has 1 aromatic rings. The number of benzene rings is 1. The number of anilines is 1. The highest BCUT2D eigenvalue weighted by Crippen LogP contribution is 2.28. The standard InChI is InChI=1S/C22H30FN3O4/c1-15-2-3-19(18(23)10-15)26-13-17(11-21(26)27)22(28)24-12-20(16-4-7-30-14-16)25-5-8-29-9-6-25/h2-3,10,16-17,20H,4-9,11-14H2,1H3,(H,24,28). The number of hydrogen-bond acceptors (Lipinski definition) is 5. The average Bonchev–Trinajstić information content (AvgIpc) is 3.39. The maximum atomic E-state index is 14.3. The monoisotopic (exact) mass is 419 g/mol. The summed E-state index contributed by atoms with van der Waals surface area (Å²) >= 11 is 0. The molecule has 30 heavy (non-hydrogen) atoms. The van der Waals surface area contributed by atoms with E-state index in [4.69, 9.17) is 9.47 Å². The molecule has 7 nitrogen and oxygen atoms in total. The van der Waals surface area contributed by atoms with Gasteiger partial charge in [-0.15, -0.1) is 0 Å². The number of aryl methyl sites for hydroxylation is 1. The molecule has 0 aromatic heterocycles. The third kappa shape index (κ3) is 4.66. The molecule has 3 atom stereocenters. The van der Waals surface area contributed by atoms with Crippen molar-refractivity contribution in [1.29, 1.82) is 0 Å². The van der Waals surface area contributed by atoms with Gasteiger partial charge in [0.05, 0.1) is 31.4 Å². The van der Waals surface area contributed by atoms with Crippen molar-refractivity contribution < 1.29 is 23.5 Å². The molecule has 3 aliphatic heterocycles. The Morgan fingerprint density at radius 1 is 1.27 bits per heavy atom. The lowest BCUT2D eigenvalue weighted by molar-refractivity contribution is -0.126. The van der Waals surface area contributed by atoms with E-state index in [2.05, 4.69) is 10.2 Å². The molecule has 0 spiro atoms. The number of nitrogens with zero attached hydrogens (tertiary/aromatic N) is 2. The van der Waals surface area contributed by atoms with Crippen LogP contribution in [0.2, 0.25) is 0 Å². The highest BCUT2D eigenvalue weighted by Gasteiger charge is 2.37. The van der Waals surface area contributed by atoms with Crippen molar-refractivity contribution in [2.45, 2.75) is 25.8 Å². The van der Waals surface area contributed by atoms with Gasteiger partial charge in [-0.1, -0.05) is 6.07 Å². The summed E-state index contributed by atoms with van der Waals surface area (Å²) in [6, 6.07) is 4.99. The van der Waals surface area contributed by atoms with Crippen molar-refractivity contribution in [3.8, 4) is 0 Å². The van der Waals surface area contributed by atoms with Gasteiger partial charge < -0.3 is 19.7 Å². The third-order valence-corrected chi connectivity index (χ3v) is 6.40. The van der Waals surface area contributed by atoms with Crippen LogP contribution >= 0.6 is 0 Å². The second kappa shape index (κ2) is 9.41. The molecule has 164 valence electrons. The van der Waals surface area contributed by atoms with E-state index in [0.717, 1.165) is 31.7 Å². The van der Waals surface area contributed by atoms with Crippen molar-refractivity contribution >= 4 is 17.5 Å². The van der Waals surface area contributed by atoms with Crippen LogP contribution in [0.25, 0.3) is 0 Å². The number of amides is 2. The fourth-order valence-corrected chi connectivity index (χ4v) is 4.66. The van der Waals surface area contributed by atoms with Gasteiger partial charge in [0, 0.05) is 51.2 Å². The summed E-state index contributed by atoms with van der Waals surface area (Å²) in [5.41, 5.74) is 1.04. The lowest BCUT2D eigenvalue weighted by atomic mass is 9.96. The maximum absolute atomic E-state index is 14.3. The summed E-state index contributed by atoms with van der Waals surface area (Å²) in [4.78, 5) is 29.1. The van der Waals surface area contributed by atoms with Gasteiger partial charge >= 0.3 is 0 Å². The van der Waals surface area contributed by atoms with Crippen molar-refractivity contribution in [3.05, 3.63) is 29.6 Å². The summed E-state index contributed by atoms with van der Waals surface area (Å²) in [7, 11) is 0. The molecule has 3 aliphatic rings. The number of halogens is 1. The minimum absolute atomic E-state index is 0.105. The number of rotatable bonds is 6. The van der Waals surface area contributed by atoms with Crippen molar-refractivity contribution in [3.63, 3.8) is 0 Å². The van der Waals surface area contributed by atoms with Gasteiger partial charge in [-0.25, -0.2) is 4.39 Å². The third-order valence-electron chi connectivity index (χ3n) is 6.40. The fourth-order valence-electron chi connectivity index (χ4n) is 4.66. The van der Waals surface area contributed by atoms with Crippen molar-refractivity contribution in [2.24, 2.45) is 11.8 Å². The minimum Gasteiger partial charge on any atom is -0.381 e. The Kier molecular flexibility index (Phi) is 6.65. The Morgan fingerprint density at radius 3 is 2.77 bits per heavy atom. The second-order valence-corrected chi connectivity index (χ2v) is 8.44. The zero-order valence-electron chi connectivity index (χ0n) is 17.4. The number of carbonyl (C=O) groups is 2. The molecular weight excluding hydrogens is 389 g/mol. The quantitative estimate of drug-likeness (QED) is 0.754. The molecule has 2 amide bonds. The van der Waals surface area contributed by atoms with Crippen LogP contribution in [0.1, 0.15) is 18.4 Å². The summed E-state index contributed by atoms with van der Waals surface area (Å²) in [5.74, 6) is -0.879. The lowest BCUT2D eigenvalue weighted by Crippen LogP contribution is -2.53. The van der Waals surface area contributed by atoms with Crippen LogP contribution in [0.5, 0.6) is 0 Å². The first-order valence-corrected chi connectivity index (χ1v) is 10.8. The van der Waals surface area contributed by atoms with Crippen molar-refractivity contribution in [1.82, 2.24) is 10.2 Å². The molecule has 4 rings (SSSR count). The maximum Gasteiger partial charge on any atom is 0.227 e. The predicted molar refractivity (Wildman–Crippen MR) is 110 cm³/mol. The zero-order chi connectivity index (χ0) is 21.1. The van der Waals surface area contributed by atoms with Gasteiger partial charge in [0.2, 0.25) is 11.8 Å². The Bertz CT molecular complexity index is 778. The molecule has 1 N–H and O–H groups in total. The number of carbonyl (C=O) groups excluding carboxylic acids is 2. The molecule has 0 saturated carbocycles. The van der Waals surface area contributed by atoms with E-state index < -0.39 is 11.7 Å². The topological polar surface area (TPSA) is 71.1 Å². The largest absolute Gasteiger partial charge is 0.381 e. The van der Waals surface area contributed by atoms with Gasteiger partial charge in [0.15, 0.2) is 0 Å². The Labute approximate surface area is 176 Å². The summed E-state index contributed by atoms with van der Waals surface area (Å²) in [5, 5.41) is 3.07. The van der Waals surface area contributed by atoms with Gasteiger partial charge in [0.25, 0.3) is 0 Å². The SMILES string of the molecule is Cc1ccc(N2CC(C(=O)NCC(C3CCOC3)N3CCOCC3)CC2=O)c(F)c1. The van der Waals surface area contributed by atoms with E-state index >= 15 is 0 Å². The van der Waals surface area contributed by atoms with Gasteiger partial charge in [0.1, 0.15) is 5.82 Å². The Balaban J connectivity index is 1.37. The molecule has 3 fully saturated rings. The highest BCUT2D eigenvalue weighted by molar-refractivity contribution is 6.00. The predicted octanol–water partition coefficient (Wildman–Crippen LogP) is 1.34. The normalized spacial score (nSPS) is 26.2. The number of hydrogen-bond donors (Lipinski definition) is 1. The van der Waals surface area contributed by atoms with E-state index in [0.29, 0.717) is 32.3 Å². The first-order valence-electron chi connectivity index (χ1n) is 10.8. The Morgan fingerprint density at radius 2 is 2.07 bits per heavy atom. The summed E-state index contributed by atoms with van der Waals surface area (Å²) in [6.07, 6.45) is 1.09. The molecule has 0 bridgehead atoms. The van der Waals surface area contributed by atoms with Gasteiger partial charge in [-0.2, -0.15) is 0 Å². The van der Waals surface area contributed by atoms with Crippen LogP contribution in [-0.4, -0.2) is 75.4 Å². The average molecular weight is 419 g/mol. The van der Waals surface area contributed by atoms with E-state index in [-0.39, 0.29) is 36.5 Å². The van der Waals surface area contributed by atoms with Crippen molar-refractivity contribution in [2.75, 3.05) is 57.5 Å². The minimum atomic E-state index is -0.469. The van der Waals surface area contributed by atoms with Crippen LogP contribution in [0, 0.1) is 24.6 Å². The molecular formula is C22H30FN3O4. The first kappa shape index (κ1) is 21.2. The van der Waals surface area contributed by atoms with E-state index in [1.807, 2.05) is 0 Å². The van der Waals surface area contributed by atoms with E-state index in [1.54, 1.807) is 19.1 Å². The Hall–Kier alpha value is -2.03. The number of ether oxygens (including phenoxy) is 2. The van der Waals surface area contributed by atoms with Gasteiger partial charge in [-0.05, 0) is 31.0 Å². The van der Waals surface area contributed by atoms with Crippen LogP contribution in [-0.2, 0) is 19.1 Å². The second-order valence-electron chi connectivity index (χ2n) is 8.44. The van der Waals surface area contributed by atoms with E-state index in [9.17, 15) is 14.0 Å². The molecule has 0 aliphatic carbocycles. The summed E-state index contributed by atoms with van der Waals surface area (Å²) < 4.78 is 25.4. The molecule has 3 unspecified atom stereocenters.